The third kappa shape index (κ3) is 5.65. The highest BCUT2D eigenvalue weighted by atomic mass is 32.2. The van der Waals surface area contributed by atoms with Gasteiger partial charge in [0.1, 0.15) is 11.4 Å². The quantitative estimate of drug-likeness (QED) is 0.311. The van der Waals surface area contributed by atoms with Crippen LogP contribution in [0.2, 0.25) is 0 Å². The maximum absolute atomic E-state index is 13.6. The molecule has 7 heteroatoms. The molecular formula is C25H24F3O3S+. The van der Waals surface area contributed by atoms with Crippen LogP contribution in [-0.4, -0.2) is 18.7 Å². The molecule has 3 nitrogen and oxygen atoms in total. The van der Waals surface area contributed by atoms with E-state index in [9.17, 15) is 18.0 Å². The number of alkyl halides is 3. The molecule has 0 amide bonds. The molecule has 0 radical (unpaired) electrons. The van der Waals surface area contributed by atoms with Gasteiger partial charge in [0, 0.05) is 6.07 Å². The van der Waals surface area contributed by atoms with E-state index in [1.165, 1.54) is 19.2 Å². The van der Waals surface area contributed by atoms with Crippen molar-refractivity contribution < 1.29 is 27.4 Å². The Morgan fingerprint density at radius 2 is 1.38 bits per heavy atom. The van der Waals surface area contributed by atoms with E-state index >= 15 is 0 Å². The fraction of sp³-hybridized carbons (Fsp3) is 0.240. The summed E-state index contributed by atoms with van der Waals surface area (Å²) < 4.78 is 51.4. The molecule has 0 fully saturated rings. The molecule has 168 valence electrons. The number of methoxy groups -OCH3 is 1. The smallest absolute Gasteiger partial charge is 0.419 e. The molecule has 0 aliphatic heterocycles. The van der Waals surface area contributed by atoms with E-state index in [2.05, 4.69) is 0 Å². The fourth-order valence-corrected chi connectivity index (χ4v) is 5.17. The van der Waals surface area contributed by atoms with Gasteiger partial charge in [-0.1, -0.05) is 18.2 Å². The van der Waals surface area contributed by atoms with Crippen LogP contribution in [0.5, 0.6) is 5.75 Å². The van der Waals surface area contributed by atoms with E-state index in [-0.39, 0.29) is 5.75 Å². The summed E-state index contributed by atoms with van der Waals surface area (Å²) in [4.78, 5) is 14.3. The van der Waals surface area contributed by atoms with Crippen molar-refractivity contribution in [2.24, 2.45) is 0 Å². The minimum atomic E-state index is -4.54. The molecule has 3 aromatic carbocycles. The van der Waals surface area contributed by atoms with E-state index in [0.29, 0.717) is 10.5 Å². The summed E-state index contributed by atoms with van der Waals surface area (Å²) in [6, 6.07) is 20.4. The van der Waals surface area contributed by atoms with Gasteiger partial charge in [0.25, 0.3) is 0 Å². The normalized spacial score (nSPS) is 12.8. The maximum Gasteiger partial charge on any atom is 0.419 e. The molecule has 1 unspecified atom stereocenters. The van der Waals surface area contributed by atoms with E-state index in [4.69, 9.17) is 9.47 Å². The molecule has 32 heavy (non-hydrogen) atoms. The van der Waals surface area contributed by atoms with Crippen molar-refractivity contribution in [1.82, 2.24) is 0 Å². The number of carbonyl (C=O) groups is 1. The van der Waals surface area contributed by atoms with Crippen molar-refractivity contribution in [3.05, 3.63) is 83.9 Å². The molecule has 0 N–H and O–H groups in total. The zero-order chi connectivity index (χ0) is 23.5. The number of hydrogen-bond donors (Lipinski definition) is 0. The van der Waals surface area contributed by atoms with Crippen molar-refractivity contribution in [1.29, 1.82) is 0 Å². The van der Waals surface area contributed by atoms with Gasteiger partial charge in [-0.15, -0.1) is 0 Å². The van der Waals surface area contributed by atoms with Crippen LogP contribution >= 0.6 is 0 Å². The monoisotopic (exact) mass is 461 g/mol. The zero-order valence-electron chi connectivity index (χ0n) is 18.2. The standard InChI is InChI=1S/C25H24F3O3S/c1-24(2,3)31-22-16-20(14-15-21(22)25(26,27)28)32(18-8-6-5-7-9-18)19-12-10-17(11-13-19)23(29)30-4/h5-16H,1-4H3/q+1. The molecule has 0 aliphatic carbocycles. The first-order chi connectivity index (χ1) is 15.0. The first-order valence-corrected chi connectivity index (χ1v) is 11.1. The molecule has 3 aromatic rings. The Morgan fingerprint density at radius 1 is 0.812 bits per heavy atom. The van der Waals surface area contributed by atoms with Gasteiger partial charge in [-0.25, -0.2) is 4.79 Å². The second kappa shape index (κ2) is 9.28. The third-order valence-corrected chi connectivity index (χ3v) is 6.61. The van der Waals surface area contributed by atoms with Crippen LogP contribution in [-0.2, 0) is 21.8 Å². The highest BCUT2D eigenvalue weighted by Crippen LogP contribution is 2.41. The van der Waals surface area contributed by atoms with Gasteiger partial charge in [-0.05, 0) is 69.3 Å². The highest BCUT2D eigenvalue weighted by molar-refractivity contribution is 7.97. The van der Waals surface area contributed by atoms with Gasteiger partial charge in [0.2, 0.25) is 0 Å². The predicted molar refractivity (Wildman–Crippen MR) is 118 cm³/mol. The maximum atomic E-state index is 13.6. The second-order valence-corrected chi connectivity index (χ2v) is 10.0. The average Bonchev–Trinajstić information content (AvgIpc) is 2.73. The van der Waals surface area contributed by atoms with Crippen molar-refractivity contribution in [2.75, 3.05) is 7.11 Å². The average molecular weight is 462 g/mol. The number of carbonyl (C=O) groups excluding carboxylic acids is 1. The van der Waals surface area contributed by atoms with E-state index < -0.39 is 34.2 Å². The molecule has 0 spiro atoms. The van der Waals surface area contributed by atoms with Gasteiger partial charge in [0.05, 0.1) is 29.1 Å². The molecule has 1 atom stereocenters. The summed E-state index contributed by atoms with van der Waals surface area (Å²) in [5.41, 5.74) is -1.21. The molecule has 0 saturated carbocycles. The summed E-state index contributed by atoms with van der Waals surface area (Å²) in [7, 11) is 0.598. The lowest BCUT2D eigenvalue weighted by molar-refractivity contribution is -0.139. The number of esters is 1. The number of rotatable bonds is 5. The Morgan fingerprint density at radius 3 is 1.91 bits per heavy atom. The van der Waals surface area contributed by atoms with Gasteiger partial charge >= 0.3 is 12.1 Å². The van der Waals surface area contributed by atoms with Gasteiger partial charge < -0.3 is 9.47 Å². The Bertz CT molecular complexity index is 1070. The summed E-state index contributed by atoms with van der Waals surface area (Å²) in [6.07, 6.45) is -4.54. The number of benzene rings is 3. The second-order valence-electron chi connectivity index (χ2n) is 8.01. The van der Waals surface area contributed by atoms with Crippen LogP contribution < -0.4 is 4.74 Å². The predicted octanol–water partition coefficient (Wildman–Crippen LogP) is 6.76. The molecule has 3 rings (SSSR count). The van der Waals surface area contributed by atoms with Gasteiger partial charge in [-0.2, -0.15) is 13.2 Å². The van der Waals surface area contributed by atoms with Crippen molar-refractivity contribution in [3.8, 4) is 5.75 Å². The highest BCUT2D eigenvalue weighted by Gasteiger charge is 2.38. The lowest BCUT2D eigenvalue weighted by atomic mass is 10.1. The molecule has 0 aromatic heterocycles. The van der Waals surface area contributed by atoms with Crippen LogP contribution in [0.25, 0.3) is 0 Å². The van der Waals surface area contributed by atoms with Gasteiger partial charge in [-0.3, -0.25) is 0 Å². The van der Waals surface area contributed by atoms with E-state index in [0.717, 1.165) is 15.9 Å². The van der Waals surface area contributed by atoms with Crippen molar-refractivity contribution in [3.63, 3.8) is 0 Å². The Labute approximate surface area is 188 Å². The summed E-state index contributed by atoms with van der Waals surface area (Å²) >= 11 is 0. The van der Waals surface area contributed by atoms with Crippen molar-refractivity contribution in [2.45, 2.75) is 47.2 Å². The SMILES string of the molecule is COC(=O)c1ccc([S+](c2ccccc2)c2ccc(C(F)(F)F)c(OC(C)(C)C)c2)cc1. The summed E-state index contributed by atoms with van der Waals surface area (Å²) in [6.45, 7) is 5.13. The van der Waals surface area contributed by atoms with E-state index in [1.807, 2.05) is 30.3 Å². The largest absolute Gasteiger partial charge is 0.487 e. The lowest BCUT2D eigenvalue weighted by Crippen LogP contribution is -2.25. The Kier molecular flexibility index (Phi) is 6.88. The molecule has 0 bridgehead atoms. The van der Waals surface area contributed by atoms with Crippen LogP contribution in [0.3, 0.4) is 0 Å². The molecular weight excluding hydrogens is 437 g/mol. The number of hydrogen-bond acceptors (Lipinski definition) is 3. The summed E-state index contributed by atoms with van der Waals surface area (Å²) in [5.74, 6) is -0.659. The molecule has 0 heterocycles. The van der Waals surface area contributed by atoms with E-state index in [1.54, 1.807) is 45.0 Å². The number of halogens is 3. The first-order valence-electron chi connectivity index (χ1n) is 9.87. The first kappa shape index (κ1) is 23.7. The van der Waals surface area contributed by atoms with Crippen molar-refractivity contribution >= 4 is 16.9 Å². The topological polar surface area (TPSA) is 35.5 Å². The van der Waals surface area contributed by atoms with Gasteiger partial charge in [0.15, 0.2) is 14.7 Å². The van der Waals surface area contributed by atoms with Crippen LogP contribution in [0.4, 0.5) is 13.2 Å². The Balaban J connectivity index is 2.15. The minimum absolute atomic E-state index is 0.206. The lowest BCUT2D eigenvalue weighted by Gasteiger charge is -2.24. The van der Waals surface area contributed by atoms with Crippen LogP contribution in [0.15, 0.2) is 87.5 Å². The molecule has 0 aliphatic rings. The number of ether oxygens (including phenoxy) is 2. The minimum Gasteiger partial charge on any atom is -0.487 e. The van der Waals surface area contributed by atoms with Crippen LogP contribution in [0, 0.1) is 0 Å². The third-order valence-electron chi connectivity index (χ3n) is 4.40. The fourth-order valence-electron chi connectivity index (χ4n) is 3.09. The molecule has 0 saturated heterocycles. The Hall–Kier alpha value is -2.93. The zero-order valence-corrected chi connectivity index (χ0v) is 19.0. The summed E-state index contributed by atoms with van der Waals surface area (Å²) in [5, 5.41) is 0. The van der Waals surface area contributed by atoms with Crippen LogP contribution in [0.1, 0.15) is 36.7 Å².